The van der Waals surface area contributed by atoms with Crippen molar-refractivity contribution in [1.29, 1.82) is 0 Å². The van der Waals surface area contributed by atoms with E-state index in [1.165, 1.54) is 5.56 Å². The topological polar surface area (TPSA) is 33.2 Å². The second-order valence-corrected chi connectivity index (χ2v) is 3.67. The SMILES string of the molecule is CCCC(=O)N(C)CCc1ccncc1. The highest BCUT2D eigenvalue weighted by Gasteiger charge is 2.06. The third-order valence-corrected chi connectivity index (χ3v) is 2.37. The Balaban J connectivity index is 2.34. The quantitative estimate of drug-likeness (QED) is 0.737. The van der Waals surface area contributed by atoms with Crippen molar-refractivity contribution in [1.82, 2.24) is 9.88 Å². The Morgan fingerprint density at radius 2 is 2.07 bits per heavy atom. The summed E-state index contributed by atoms with van der Waals surface area (Å²) < 4.78 is 0. The number of pyridine rings is 1. The van der Waals surface area contributed by atoms with Crippen LogP contribution < -0.4 is 0 Å². The average Bonchev–Trinajstić information content (AvgIpc) is 2.27. The first-order chi connectivity index (χ1) is 7.24. The Kier molecular flexibility index (Phi) is 4.81. The molecule has 0 bridgehead atoms. The van der Waals surface area contributed by atoms with Crippen LogP contribution in [0, 0.1) is 0 Å². The number of nitrogens with zero attached hydrogens (tertiary/aromatic N) is 2. The Morgan fingerprint density at radius 3 is 2.67 bits per heavy atom. The van der Waals surface area contributed by atoms with Crippen LogP contribution in [0.3, 0.4) is 0 Å². The zero-order chi connectivity index (χ0) is 11.1. The Hall–Kier alpha value is -1.38. The number of carbonyl (C=O) groups is 1. The third-order valence-electron chi connectivity index (χ3n) is 2.37. The molecule has 0 fully saturated rings. The van der Waals surface area contributed by atoms with Crippen LogP contribution in [0.4, 0.5) is 0 Å². The van der Waals surface area contributed by atoms with Crippen molar-refractivity contribution in [2.75, 3.05) is 13.6 Å². The second kappa shape index (κ2) is 6.17. The summed E-state index contributed by atoms with van der Waals surface area (Å²) in [6, 6.07) is 3.97. The Labute approximate surface area is 91.1 Å². The van der Waals surface area contributed by atoms with E-state index in [-0.39, 0.29) is 5.91 Å². The molecule has 0 aliphatic heterocycles. The lowest BCUT2D eigenvalue weighted by molar-refractivity contribution is -0.129. The molecule has 0 aliphatic rings. The molecule has 0 unspecified atom stereocenters. The molecule has 0 aliphatic carbocycles. The zero-order valence-corrected chi connectivity index (χ0v) is 9.44. The predicted molar refractivity (Wildman–Crippen MR) is 60.5 cm³/mol. The fourth-order valence-electron chi connectivity index (χ4n) is 1.38. The smallest absolute Gasteiger partial charge is 0.222 e. The fraction of sp³-hybridized carbons (Fsp3) is 0.500. The lowest BCUT2D eigenvalue weighted by Gasteiger charge is -2.16. The molecular weight excluding hydrogens is 188 g/mol. The molecule has 1 heterocycles. The molecule has 3 nitrogen and oxygen atoms in total. The number of hydrogen-bond acceptors (Lipinski definition) is 2. The lowest BCUT2D eigenvalue weighted by Crippen LogP contribution is -2.28. The Morgan fingerprint density at radius 1 is 1.40 bits per heavy atom. The highest BCUT2D eigenvalue weighted by molar-refractivity contribution is 5.75. The first-order valence-corrected chi connectivity index (χ1v) is 5.37. The number of aromatic nitrogens is 1. The van der Waals surface area contributed by atoms with Gasteiger partial charge in [0, 0.05) is 32.4 Å². The molecule has 3 heteroatoms. The van der Waals surface area contributed by atoms with Crippen LogP contribution in [0.25, 0.3) is 0 Å². The van der Waals surface area contributed by atoms with Gasteiger partial charge in [0.1, 0.15) is 0 Å². The maximum absolute atomic E-state index is 11.5. The highest BCUT2D eigenvalue weighted by Crippen LogP contribution is 2.01. The molecule has 1 rings (SSSR count). The summed E-state index contributed by atoms with van der Waals surface area (Å²) in [5.74, 6) is 0.228. The van der Waals surface area contributed by atoms with Gasteiger partial charge < -0.3 is 4.90 Å². The van der Waals surface area contributed by atoms with E-state index in [4.69, 9.17) is 0 Å². The van der Waals surface area contributed by atoms with E-state index in [1.807, 2.05) is 26.1 Å². The summed E-state index contributed by atoms with van der Waals surface area (Å²) in [6.07, 6.45) is 6.02. The van der Waals surface area contributed by atoms with Crippen molar-refractivity contribution in [3.63, 3.8) is 0 Å². The van der Waals surface area contributed by atoms with Gasteiger partial charge in [-0.25, -0.2) is 0 Å². The average molecular weight is 206 g/mol. The van der Waals surface area contributed by atoms with Crippen LogP contribution >= 0.6 is 0 Å². The van der Waals surface area contributed by atoms with Crippen LogP contribution in [-0.4, -0.2) is 29.4 Å². The number of rotatable bonds is 5. The van der Waals surface area contributed by atoms with Gasteiger partial charge in [-0.2, -0.15) is 0 Å². The van der Waals surface area contributed by atoms with Crippen LogP contribution in [-0.2, 0) is 11.2 Å². The van der Waals surface area contributed by atoms with Gasteiger partial charge in [-0.05, 0) is 30.5 Å². The molecule has 0 aromatic carbocycles. The van der Waals surface area contributed by atoms with Crippen LogP contribution in [0.5, 0.6) is 0 Å². The minimum absolute atomic E-state index is 0.228. The summed E-state index contributed by atoms with van der Waals surface area (Å²) in [7, 11) is 1.86. The molecule has 1 aromatic rings. The molecule has 0 saturated heterocycles. The molecule has 0 N–H and O–H groups in total. The van der Waals surface area contributed by atoms with Gasteiger partial charge in [-0.15, -0.1) is 0 Å². The zero-order valence-electron chi connectivity index (χ0n) is 9.44. The normalized spacial score (nSPS) is 10.0. The van der Waals surface area contributed by atoms with E-state index in [0.29, 0.717) is 6.42 Å². The van der Waals surface area contributed by atoms with Crippen LogP contribution in [0.15, 0.2) is 24.5 Å². The van der Waals surface area contributed by atoms with Crippen molar-refractivity contribution in [2.45, 2.75) is 26.2 Å². The molecule has 15 heavy (non-hydrogen) atoms. The molecule has 0 radical (unpaired) electrons. The van der Waals surface area contributed by atoms with E-state index in [2.05, 4.69) is 4.98 Å². The van der Waals surface area contributed by atoms with Crippen LogP contribution in [0.2, 0.25) is 0 Å². The monoisotopic (exact) mass is 206 g/mol. The van der Waals surface area contributed by atoms with E-state index in [0.717, 1.165) is 19.4 Å². The van der Waals surface area contributed by atoms with E-state index >= 15 is 0 Å². The summed E-state index contributed by atoms with van der Waals surface area (Å²) in [6.45, 7) is 2.80. The number of hydrogen-bond donors (Lipinski definition) is 0. The highest BCUT2D eigenvalue weighted by atomic mass is 16.2. The summed E-state index contributed by atoms with van der Waals surface area (Å²) in [5, 5.41) is 0. The standard InChI is InChI=1S/C12H18N2O/c1-3-4-12(15)14(2)10-7-11-5-8-13-9-6-11/h5-6,8-9H,3-4,7,10H2,1-2H3. The maximum atomic E-state index is 11.5. The Bertz CT molecular complexity index is 298. The number of likely N-dealkylation sites (N-methyl/N-ethyl adjacent to an activating group) is 1. The van der Waals surface area contributed by atoms with Crippen molar-refractivity contribution in [3.05, 3.63) is 30.1 Å². The van der Waals surface area contributed by atoms with Crippen molar-refractivity contribution in [3.8, 4) is 0 Å². The predicted octanol–water partition coefficient (Wildman–Crippen LogP) is 1.88. The number of carbonyl (C=O) groups excluding carboxylic acids is 1. The summed E-state index contributed by atoms with van der Waals surface area (Å²) >= 11 is 0. The fourth-order valence-corrected chi connectivity index (χ4v) is 1.38. The summed E-state index contributed by atoms with van der Waals surface area (Å²) in [5.41, 5.74) is 1.22. The minimum Gasteiger partial charge on any atom is -0.345 e. The molecule has 1 amide bonds. The second-order valence-electron chi connectivity index (χ2n) is 3.67. The lowest BCUT2D eigenvalue weighted by atomic mass is 10.2. The van der Waals surface area contributed by atoms with Gasteiger partial charge >= 0.3 is 0 Å². The van der Waals surface area contributed by atoms with Gasteiger partial charge in [0.25, 0.3) is 0 Å². The number of amides is 1. The van der Waals surface area contributed by atoms with Crippen molar-refractivity contribution >= 4 is 5.91 Å². The van der Waals surface area contributed by atoms with Crippen molar-refractivity contribution in [2.24, 2.45) is 0 Å². The molecule has 0 saturated carbocycles. The molecule has 1 aromatic heterocycles. The van der Waals surface area contributed by atoms with Gasteiger partial charge in [0.05, 0.1) is 0 Å². The van der Waals surface area contributed by atoms with Crippen LogP contribution in [0.1, 0.15) is 25.3 Å². The maximum Gasteiger partial charge on any atom is 0.222 e. The largest absolute Gasteiger partial charge is 0.345 e. The van der Waals surface area contributed by atoms with Crippen molar-refractivity contribution < 1.29 is 4.79 Å². The van der Waals surface area contributed by atoms with Gasteiger partial charge in [0.2, 0.25) is 5.91 Å². The first kappa shape index (κ1) is 11.7. The third kappa shape index (κ3) is 4.11. The summed E-state index contributed by atoms with van der Waals surface area (Å²) in [4.78, 5) is 17.2. The molecule has 0 spiro atoms. The minimum atomic E-state index is 0.228. The molecule has 82 valence electrons. The molecular formula is C12H18N2O. The van der Waals surface area contributed by atoms with Gasteiger partial charge in [-0.3, -0.25) is 9.78 Å². The van der Waals surface area contributed by atoms with Gasteiger partial charge in [-0.1, -0.05) is 6.92 Å². The molecule has 0 atom stereocenters. The van der Waals surface area contributed by atoms with Gasteiger partial charge in [0.15, 0.2) is 0 Å². The van der Waals surface area contributed by atoms with E-state index in [1.54, 1.807) is 17.3 Å². The van der Waals surface area contributed by atoms with E-state index in [9.17, 15) is 4.79 Å². The van der Waals surface area contributed by atoms with E-state index < -0.39 is 0 Å². The first-order valence-electron chi connectivity index (χ1n) is 5.37.